The molecule has 3 rings (SSSR count). The maximum absolute atomic E-state index is 4.56. The van der Waals surface area contributed by atoms with Crippen LogP contribution < -0.4 is 10.2 Å². The first-order valence-corrected chi connectivity index (χ1v) is 7.14. The van der Waals surface area contributed by atoms with Gasteiger partial charge >= 0.3 is 0 Å². The second-order valence-corrected chi connectivity index (χ2v) is 5.43. The first-order chi connectivity index (χ1) is 9.74. The van der Waals surface area contributed by atoms with E-state index in [1.165, 1.54) is 11.3 Å². The van der Waals surface area contributed by atoms with Crippen molar-refractivity contribution in [3.05, 3.63) is 47.9 Å². The van der Waals surface area contributed by atoms with Gasteiger partial charge in [-0.1, -0.05) is 32.0 Å². The minimum Gasteiger partial charge on any atom is -0.325 e. The molecule has 0 spiro atoms. The van der Waals surface area contributed by atoms with E-state index in [2.05, 4.69) is 58.3 Å². The largest absolute Gasteiger partial charge is 0.325 e. The SMILES string of the molecule is CC(C)NCc1cnc(N2CCc3ccccc32)cn1. The zero-order valence-corrected chi connectivity index (χ0v) is 12.0. The summed E-state index contributed by atoms with van der Waals surface area (Å²) in [6.45, 7) is 6.01. The van der Waals surface area contributed by atoms with Crippen LogP contribution in [-0.2, 0) is 13.0 Å². The molecule has 20 heavy (non-hydrogen) atoms. The fraction of sp³-hybridized carbons (Fsp3) is 0.375. The molecule has 0 saturated carbocycles. The Hall–Kier alpha value is -1.94. The standard InChI is InChI=1S/C16H20N4/c1-12(2)17-9-14-10-19-16(11-18-14)20-8-7-13-5-3-4-6-15(13)20/h3-6,10-12,17H,7-9H2,1-2H3. The fourth-order valence-electron chi connectivity index (χ4n) is 2.46. The van der Waals surface area contributed by atoms with E-state index in [1.54, 1.807) is 0 Å². The average Bonchev–Trinajstić information content (AvgIpc) is 2.89. The summed E-state index contributed by atoms with van der Waals surface area (Å²) in [6, 6.07) is 8.96. The molecule has 1 aliphatic rings. The molecule has 1 N–H and O–H groups in total. The van der Waals surface area contributed by atoms with Crippen molar-refractivity contribution in [2.24, 2.45) is 0 Å². The molecule has 0 atom stereocenters. The molecule has 0 radical (unpaired) electrons. The molecule has 0 amide bonds. The molecule has 0 bridgehead atoms. The highest BCUT2D eigenvalue weighted by Gasteiger charge is 2.20. The first-order valence-electron chi connectivity index (χ1n) is 7.14. The van der Waals surface area contributed by atoms with Crippen LogP contribution in [0.15, 0.2) is 36.7 Å². The number of nitrogens with zero attached hydrogens (tertiary/aromatic N) is 3. The van der Waals surface area contributed by atoms with Gasteiger partial charge in [-0.3, -0.25) is 4.98 Å². The number of hydrogen-bond donors (Lipinski definition) is 1. The Morgan fingerprint density at radius 2 is 2.05 bits per heavy atom. The molecule has 2 heterocycles. The van der Waals surface area contributed by atoms with Crippen LogP contribution in [0.4, 0.5) is 11.5 Å². The van der Waals surface area contributed by atoms with E-state index in [1.807, 2.05) is 12.4 Å². The van der Waals surface area contributed by atoms with Gasteiger partial charge in [0, 0.05) is 24.8 Å². The van der Waals surface area contributed by atoms with Crippen molar-refractivity contribution in [3.63, 3.8) is 0 Å². The highest BCUT2D eigenvalue weighted by Crippen LogP contribution is 2.32. The zero-order valence-electron chi connectivity index (χ0n) is 12.0. The molecule has 1 aromatic carbocycles. The van der Waals surface area contributed by atoms with E-state index < -0.39 is 0 Å². The van der Waals surface area contributed by atoms with Crippen LogP contribution in [0.2, 0.25) is 0 Å². The van der Waals surface area contributed by atoms with Crippen molar-refractivity contribution in [1.29, 1.82) is 0 Å². The number of para-hydroxylation sites is 1. The summed E-state index contributed by atoms with van der Waals surface area (Å²) >= 11 is 0. The van der Waals surface area contributed by atoms with Gasteiger partial charge in [-0.25, -0.2) is 4.98 Å². The molecule has 0 saturated heterocycles. The van der Waals surface area contributed by atoms with Gasteiger partial charge in [0.25, 0.3) is 0 Å². The van der Waals surface area contributed by atoms with E-state index in [9.17, 15) is 0 Å². The summed E-state index contributed by atoms with van der Waals surface area (Å²) in [4.78, 5) is 11.3. The lowest BCUT2D eigenvalue weighted by atomic mass is 10.2. The van der Waals surface area contributed by atoms with Gasteiger partial charge in [0.05, 0.1) is 18.1 Å². The maximum atomic E-state index is 4.56. The lowest BCUT2D eigenvalue weighted by molar-refractivity contribution is 0.580. The third kappa shape index (κ3) is 2.65. The summed E-state index contributed by atoms with van der Waals surface area (Å²) in [5.74, 6) is 0.934. The van der Waals surface area contributed by atoms with Crippen LogP contribution in [0.3, 0.4) is 0 Å². The maximum Gasteiger partial charge on any atom is 0.151 e. The van der Waals surface area contributed by atoms with E-state index >= 15 is 0 Å². The molecular formula is C16H20N4. The molecule has 1 aromatic heterocycles. The molecular weight excluding hydrogens is 248 g/mol. The van der Waals surface area contributed by atoms with Crippen molar-refractivity contribution in [2.75, 3.05) is 11.4 Å². The Kier molecular flexibility index (Phi) is 3.65. The predicted molar refractivity (Wildman–Crippen MR) is 81.2 cm³/mol. The summed E-state index contributed by atoms with van der Waals surface area (Å²) in [5, 5.41) is 3.35. The topological polar surface area (TPSA) is 41.1 Å². The van der Waals surface area contributed by atoms with Gasteiger partial charge in [0.2, 0.25) is 0 Å². The number of hydrogen-bond acceptors (Lipinski definition) is 4. The highest BCUT2D eigenvalue weighted by molar-refractivity contribution is 5.66. The van der Waals surface area contributed by atoms with Crippen LogP contribution in [0.25, 0.3) is 0 Å². The minimum atomic E-state index is 0.460. The molecule has 1 aliphatic heterocycles. The Balaban J connectivity index is 1.76. The number of anilines is 2. The van der Waals surface area contributed by atoms with Crippen molar-refractivity contribution < 1.29 is 0 Å². The third-order valence-electron chi connectivity index (χ3n) is 3.55. The lowest BCUT2D eigenvalue weighted by Gasteiger charge is -2.18. The zero-order chi connectivity index (χ0) is 13.9. The Morgan fingerprint density at radius 1 is 1.20 bits per heavy atom. The highest BCUT2D eigenvalue weighted by atomic mass is 15.2. The Bertz CT molecular complexity index is 577. The van der Waals surface area contributed by atoms with Crippen LogP contribution >= 0.6 is 0 Å². The van der Waals surface area contributed by atoms with Crippen molar-refractivity contribution in [1.82, 2.24) is 15.3 Å². The normalized spacial score (nSPS) is 13.8. The van der Waals surface area contributed by atoms with E-state index in [0.29, 0.717) is 6.04 Å². The molecule has 4 heteroatoms. The van der Waals surface area contributed by atoms with Crippen molar-refractivity contribution in [2.45, 2.75) is 32.9 Å². The van der Waals surface area contributed by atoms with Crippen LogP contribution in [-0.4, -0.2) is 22.6 Å². The average molecular weight is 268 g/mol. The summed E-state index contributed by atoms with van der Waals surface area (Å²) < 4.78 is 0. The fourth-order valence-corrected chi connectivity index (χ4v) is 2.46. The number of benzene rings is 1. The molecule has 104 valence electrons. The summed E-state index contributed by atoms with van der Waals surface area (Å²) in [5.41, 5.74) is 3.63. The van der Waals surface area contributed by atoms with Gasteiger partial charge in [0.15, 0.2) is 5.82 Å². The van der Waals surface area contributed by atoms with Gasteiger partial charge in [-0.05, 0) is 18.1 Å². The van der Waals surface area contributed by atoms with Gasteiger partial charge < -0.3 is 10.2 Å². The summed E-state index contributed by atoms with van der Waals surface area (Å²) in [7, 11) is 0. The Labute approximate surface area is 119 Å². The van der Waals surface area contributed by atoms with Crippen molar-refractivity contribution in [3.8, 4) is 0 Å². The predicted octanol–water partition coefficient (Wildman–Crippen LogP) is 2.67. The van der Waals surface area contributed by atoms with E-state index in [0.717, 1.165) is 31.0 Å². The lowest BCUT2D eigenvalue weighted by Crippen LogP contribution is -2.23. The molecule has 0 unspecified atom stereocenters. The number of fused-ring (bicyclic) bond motifs is 1. The van der Waals surface area contributed by atoms with Crippen molar-refractivity contribution >= 4 is 11.5 Å². The monoisotopic (exact) mass is 268 g/mol. The second-order valence-electron chi connectivity index (χ2n) is 5.43. The second kappa shape index (κ2) is 5.59. The summed E-state index contributed by atoms with van der Waals surface area (Å²) in [6.07, 6.45) is 4.82. The molecule has 4 nitrogen and oxygen atoms in total. The Morgan fingerprint density at radius 3 is 2.80 bits per heavy atom. The molecule has 0 fully saturated rings. The van der Waals surface area contributed by atoms with Gasteiger partial charge in [-0.15, -0.1) is 0 Å². The smallest absolute Gasteiger partial charge is 0.151 e. The van der Waals surface area contributed by atoms with Crippen LogP contribution in [0, 0.1) is 0 Å². The van der Waals surface area contributed by atoms with E-state index in [-0.39, 0.29) is 0 Å². The first kappa shape index (κ1) is 13.1. The van der Waals surface area contributed by atoms with E-state index in [4.69, 9.17) is 0 Å². The molecule has 2 aromatic rings. The number of rotatable bonds is 4. The van der Waals surface area contributed by atoms with Gasteiger partial charge in [-0.2, -0.15) is 0 Å². The molecule has 0 aliphatic carbocycles. The quantitative estimate of drug-likeness (QED) is 0.925. The third-order valence-corrected chi connectivity index (χ3v) is 3.55. The van der Waals surface area contributed by atoms with Gasteiger partial charge in [0.1, 0.15) is 0 Å². The van der Waals surface area contributed by atoms with Crippen LogP contribution in [0.5, 0.6) is 0 Å². The van der Waals surface area contributed by atoms with Crippen LogP contribution in [0.1, 0.15) is 25.1 Å². The number of nitrogens with one attached hydrogen (secondary N) is 1. The minimum absolute atomic E-state index is 0.460. The number of aromatic nitrogens is 2.